The summed E-state index contributed by atoms with van der Waals surface area (Å²) in [6.45, 7) is 11.1. The first-order valence-corrected chi connectivity index (χ1v) is 8.40. The predicted octanol–water partition coefficient (Wildman–Crippen LogP) is 4.61. The van der Waals surface area contributed by atoms with Crippen LogP contribution in [-0.4, -0.2) is 30.6 Å². The Morgan fingerprint density at radius 2 is 1.90 bits per heavy atom. The monoisotopic (exact) mass is 340 g/mol. The molecule has 2 nitrogen and oxygen atoms in total. The van der Waals surface area contributed by atoms with Gasteiger partial charge in [-0.2, -0.15) is 0 Å². The SMILES string of the molecule is CCNC(CCN(C)C(C)(C)CC)c1ccccc1Br. The van der Waals surface area contributed by atoms with Crippen molar-refractivity contribution in [2.75, 3.05) is 20.1 Å². The van der Waals surface area contributed by atoms with Gasteiger partial charge < -0.3 is 10.2 Å². The van der Waals surface area contributed by atoms with Gasteiger partial charge in [-0.1, -0.05) is 48.0 Å². The summed E-state index contributed by atoms with van der Waals surface area (Å²) in [5.74, 6) is 0. The van der Waals surface area contributed by atoms with Crippen molar-refractivity contribution < 1.29 is 0 Å². The Bertz CT molecular complexity index is 404. The van der Waals surface area contributed by atoms with Gasteiger partial charge in [0.25, 0.3) is 0 Å². The van der Waals surface area contributed by atoms with E-state index in [0.29, 0.717) is 6.04 Å². The van der Waals surface area contributed by atoms with Crippen molar-refractivity contribution in [2.24, 2.45) is 0 Å². The minimum atomic E-state index is 0.269. The third-order valence-electron chi connectivity index (χ3n) is 4.38. The number of benzene rings is 1. The molecular formula is C17H29BrN2. The van der Waals surface area contributed by atoms with E-state index in [-0.39, 0.29) is 5.54 Å². The molecule has 1 unspecified atom stereocenters. The van der Waals surface area contributed by atoms with E-state index in [1.54, 1.807) is 0 Å². The van der Waals surface area contributed by atoms with Gasteiger partial charge in [0.05, 0.1) is 0 Å². The highest BCUT2D eigenvalue weighted by atomic mass is 79.9. The van der Waals surface area contributed by atoms with Crippen molar-refractivity contribution in [3.8, 4) is 0 Å². The number of rotatable bonds is 8. The van der Waals surface area contributed by atoms with Gasteiger partial charge in [-0.15, -0.1) is 0 Å². The second-order valence-corrected chi connectivity index (χ2v) is 6.86. The molecule has 0 saturated heterocycles. The van der Waals surface area contributed by atoms with E-state index in [9.17, 15) is 0 Å². The van der Waals surface area contributed by atoms with E-state index >= 15 is 0 Å². The Kier molecular flexibility index (Phi) is 7.21. The molecule has 0 aliphatic rings. The molecule has 1 N–H and O–H groups in total. The molecule has 1 rings (SSSR count). The van der Waals surface area contributed by atoms with Crippen LogP contribution in [0, 0.1) is 0 Å². The summed E-state index contributed by atoms with van der Waals surface area (Å²) in [6.07, 6.45) is 2.29. The zero-order chi connectivity index (χ0) is 15.2. The molecule has 0 saturated carbocycles. The van der Waals surface area contributed by atoms with Crippen LogP contribution in [0.25, 0.3) is 0 Å². The zero-order valence-electron chi connectivity index (χ0n) is 13.5. The fourth-order valence-corrected chi connectivity index (χ4v) is 2.83. The molecule has 0 bridgehead atoms. The number of nitrogens with zero attached hydrogens (tertiary/aromatic N) is 1. The summed E-state index contributed by atoms with van der Waals surface area (Å²) in [4.78, 5) is 2.47. The van der Waals surface area contributed by atoms with Gasteiger partial charge in [0.1, 0.15) is 0 Å². The van der Waals surface area contributed by atoms with Crippen molar-refractivity contribution in [1.82, 2.24) is 10.2 Å². The second kappa shape index (κ2) is 8.16. The van der Waals surface area contributed by atoms with Crippen LogP contribution >= 0.6 is 15.9 Å². The van der Waals surface area contributed by atoms with Crippen LogP contribution in [0.4, 0.5) is 0 Å². The zero-order valence-corrected chi connectivity index (χ0v) is 15.1. The number of hydrogen-bond donors (Lipinski definition) is 1. The summed E-state index contributed by atoms with van der Waals surface area (Å²) >= 11 is 3.67. The fraction of sp³-hybridized carbons (Fsp3) is 0.647. The highest BCUT2D eigenvalue weighted by Gasteiger charge is 2.22. The van der Waals surface area contributed by atoms with E-state index in [1.807, 2.05) is 0 Å². The van der Waals surface area contributed by atoms with Crippen LogP contribution in [0.15, 0.2) is 28.7 Å². The first-order chi connectivity index (χ1) is 9.42. The Morgan fingerprint density at radius 3 is 2.45 bits per heavy atom. The maximum Gasteiger partial charge on any atom is 0.0343 e. The van der Waals surface area contributed by atoms with Crippen molar-refractivity contribution >= 4 is 15.9 Å². The van der Waals surface area contributed by atoms with Crippen molar-refractivity contribution in [2.45, 2.75) is 52.1 Å². The van der Waals surface area contributed by atoms with E-state index in [2.05, 4.69) is 85.2 Å². The van der Waals surface area contributed by atoms with Gasteiger partial charge in [-0.3, -0.25) is 0 Å². The lowest BCUT2D eigenvalue weighted by Crippen LogP contribution is -2.42. The lowest BCUT2D eigenvalue weighted by Gasteiger charge is -2.36. The number of nitrogens with one attached hydrogen (secondary N) is 1. The standard InChI is InChI=1S/C17H29BrN2/c1-6-17(3,4)20(5)13-12-16(19-7-2)14-10-8-9-11-15(14)18/h8-11,16,19H,6-7,12-13H2,1-5H3. The highest BCUT2D eigenvalue weighted by Crippen LogP contribution is 2.26. The Hall–Kier alpha value is -0.380. The van der Waals surface area contributed by atoms with Crippen molar-refractivity contribution in [3.63, 3.8) is 0 Å². The molecule has 0 aliphatic heterocycles. The smallest absolute Gasteiger partial charge is 0.0343 e. The average molecular weight is 341 g/mol. The largest absolute Gasteiger partial charge is 0.310 e. The molecule has 20 heavy (non-hydrogen) atoms. The third kappa shape index (κ3) is 4.87. The molecular weight excluding hydrogens is 312 g/mol. The van der Waals surface area contributed by atoms with Gasteiger partial charge in [0.15, 0.2) is 0 Å². The van der Waals surface area contributed by atoms with Crippen LogP contribution in [0.1, 0.15) is 52.1 Å². The molecule has 0 radical (unpaired) electrons. The van der Waals surface area contributed by atoms with Crippen LogP contribution < -0.4 is 5.32 Å². The van der Waals surface area contributed by atoms with E-state index in [0.717, 1.165) is 19.5 Å². The molecule has 0 amide bonds. The quantitative estimate of drug-likeness (QED) is 0.743. The first kappa shape index (κ1) is 17.7. The molecule has 1 aromatic carbocycles. The third-order valence-corrected chi connectivity index (χ3v) is 5.11. The summed E-state index contributed by atoms with van der Waals surface area (Å²) in [6, 6.07) is 8.93. The molecule has 1 atom stereocenters. The minimum Gasteiger partial charge on any atom is -0.310 e. The van der Waals surface area contributed by atoms with Gasteiger partial charge in [0, 0.05) is 22.6 Å². The van der Waals surface area contributed by atoms with Crippen LogP contribution in [0.3, 0.4) is 0 Å². The number of hydrogen-bond acceptors (Lipinski definition) is 2. The molecule has 0 aliphatic carbocycles. The minimum absolute atomic E-state index is 0.269. The van der Waals surface area contributed by atoms with Crippen molar-refractivity contribution in [1.29, 1.82) is 0 Å². The molecule has 114 valence electrons. The van der Waals surface area contributed by atoms with Crippen LogP contribution in [0.2, 0.25) is 0 Å². The molecule has 1 aromatic rings. The fourth-order valence-electron chi connectivity index (χ4n) is 2.27. The van der Waals surface area contributed by atoms with Gasteiger partial charge in [-0.25, -0.2) is 0 Å². The van der Waals surface area contributed by atoms with Crippen molar-refractivity contribution in [3.05, 3.63) is 34.3 Å². The van der Waals surface area contributed by atoms with Crippen LogP contribution in [0.5, 0.6) is 0 Å². The maximum atomic E-state index is 3.67. The maximum absolute atomic E-state index is 3.67. The van der Waals surface area contributed by atoms with Crippen LogP contribution in [-0.2, 0) is 0 Å². The summed E-state index contributed by atoms with van der Waals surface area (Å²) in [5.41, 5.74) is 1.63. The Balaban J connectivity index is 2.72. The Morgan fingerprint density at radius 1 is 1.25 bits per heavy atom. The molecule has 0 spiro atoms. The molecule has 0 aromatic heterocycles. The summed E-state index contributed by atoms with van der Waals surface area (Å²) in [7, 11) is 2.23. The topological polar surface area (TPSA) is 15.3 Å². The normalized spacial score (nSPS) is 13.8. The van der Waals surface area contributed by atoms with Gasteiger partial charge in [-0.05, 0) is 51.9 Å². The molecule has 3 heteroatoms. The first-order valence-electron chi connectivity index (χ1n) is 7.61. The lowest BCUT2D eigenvalue weighted by atomic mass is 9.98. The lowest BCUT2D eigenvalue weighted by molar-refractivity contribution is 0.144. The number of halogens is 1. The second-order valence-electron chi connectivity index (χ2n) is 6.01. The average Bonchev–Trinajstić information content (AvgIpc) is 2.43. The molecule has 0 heterocycles. The molecule has 0 fully saturated rings. The van der Waals surface area contributed by atoms with E-state index in [1.165, 1.54) is 16.5 Å². The Labute approximate surface area is 133 Å². The summed E-state index contributed by atoms with van der Waals surface area (Å²) in [5, 5.41) is 3.61. The van der Waals surface area contributed by atoms with Gasteiger partial charge >= 0.3 is 0 Å². The summed E-state index contributed by atoms with van der Waals surface area (Å²) < 4.78 is 1.20. The predicted molar refractivity (Wildman–Crippen MR) is 92.2 cm³/mol. The van der Waals surface area contributed by atoms with Gasteiger partial charge in [0.2, 0.25) is 0 Å². The van der Waals surface area contributed by atoms with E-state index in [4.69, 9.17) is 0 Å². The highest BCUT2D eigenvalue weighted by molar-refractivity contribution is 9.10. The van der Waals surface area contributed by atoms with E-state index < -0.39 is 0 Å².